The van der Waals surface area contributed by atoms with E-state index in [0.717, 1.165) is 0 Å². The lowest BCUT2D eigenvalue weighted by Gasteiger charge is -2.33. The molecule has 6 heteroatoms. The summed E-state index contributed by atoms with van der Waals surface area (Å²) < 4.78 is 5.20. The number of aliphatic carboxylic acids is 1. The molecule has 1 saturated heterocycles. The van der Waals surface area contributed by atoms with Crippen molar-refractivity contribution < 1.29 is 24.5 Å². The third kappa shape index (κ3) is 5.97. The fourth-order valence-electron chi connectivity index (χ4n) is 1.63. The molecule has 0 bridgehead atoms. The van der Waals surface area contributed by atoms with Gasteiger partial charge in [0.2, 0.25) is 5.91 Å². The van der Waals surface area contributed by atoms with Gasteiger partial charge in [-0.25, -0.2) is 0 Å². The third-order valence-corrected chi connectivity index (χ3v) is 2.62. The number of nitrogens with one attached hydrogen (secondary N) is 1. The molecule has 0 aromatic heterocycles. The highest BCUT2D eigenvalue weighted by molar-refractivity contribution is 5.80. The Balaban J connectivity index is 0.00000137. The van der Waals surface area contributed by atoms with Crippen LogP contribution in [0.1, 0.15) is 40.0 Å². The summed E-state index contributed by atoms with van der Waals surface area (Å²) in [5.41, 5.74) is 0. The van der Waals surface area contributed by atoms with Crippen LogP contribution in [0.2, 0.25) is 0 Å². The van der Waals surface area contributed by atoms with Crippen molar-refractivity contribution in [3.05, 3.63) is 0 Å². The molecule has 0 unspecified atom stereocenters. The Morgan fingerprint density at radius 2 is 1.94 bits per heavy atom. The molecule has 1 amide bonds. The van der Waals surface area contributed by atoms with Crippen molar-refractivity contribution in [2.75, 3.05) is 6.61 Å². The molecule has 1 heterocycles. The first-order valence-corrected chi connectivity index (χ1v) is 6.31. The lowest BCUT2D eigenvalue weighted by molar-refractivity contribution is -0.139. The van der Waals surface area contributed by atoms with Gasteiger partial charge >= 0.3 is 5.97 Å². The molecule has 6 nitrogen and oxygen atoms in total. The quantitative estimate of drug-likeness (QED) is 0.686. The van der Waals surface area contributed by atoms with Crippen LogP contribution >= 0.6 is 0 Å². The third-order valence-electron chi connectivity index (χ3n) is 2.62. The normalized spacial score (nSPS) is 26.8. The summed E-state index contributed by atoms with van der Waals surface area (Å²) in [6.45, 7) is 6.22. The molecular weight excluding hydrogens is 238 g/mol. The van der Waals surface area contributed by atoms with Gasteiger partial charge in [-0.05, 0) is 13.3 Å². The zero-order chi connectivity index (χ0) is 14.1. The second-order valence-electron chi connectivity index (χ2n) is 3.92. The first kappa shape index (κ1) is 16.9. The summed E-state index contributed by atoms with van der Waals surface area (Å²) in [6, 6.07) is -0.343. The van der Waals surface area contributed by atoms with Gasteiger partial charge in [-0.1, -0.05) is 13.8 Å². The van der Waals surface area contributed by atoms with E-state index < -0.39 is 12.1 Å². The second kappa shape index (κ2) is 8.88. The van der Waals surface area contributed by atoms with Crippen molar-refractivity contribution in [3.63, 3.8) is 0 Å². The Bertz CT molecular complexity index is 269. The van der Waals surface area contributed by atoms with E-state index in [1.807, 2.05) is 13.8 Å². The molecule has 0 saturated carbocycles. The van der Waals surface area contributed by atoms with E-state index >= 15 is 0 Å². The Kier molecular flexibility index (Phi) is 8.32. The predicted molar refractivity (Wildman–Crippen MR) is 66.2 cm³/mol. The van der Waals surface area contributed by atoms with Crippen LogP contribution in [0.3, 0.4) is 0 Å². The fraction of sp³-hybridized carbons (Fsp3) is 0.833. The van der Waals surface area contributed by atoms with Gasteiger partial charge in [0.15, 0.2) is 0 Å². The molecule has 3 atom stereocenters. The molecule has 0 aromatic carbocycles. The van der Waals surface area contributed by atoms with E-state index in [1.165, 1.54) is 0 Å². The zero-order valence-corrected chi connectivity index (χ0v) is 11.2. The van der Waals surface area contributed by atoms with E-state index in [9.17, 15) is 14.7 Å². The summed E-state index contributed by atoms with van der Waals surface area (Å²) in [6.07, 6.45) is -0.750. The standard InChI is InChI=1S/C10H17NO5.C2H6/c1-6-10(15)7(4-5-16-6)11-8(12)2-3-9(13)14;1-2/h6-7,10,15H,2-5H2,1H3,(H,11,12)(H,13,14);1-2H3/t6-,7-,10+;/m0./s1. The Morgan fingerprint density at radius 3 is 2.50 bits per heavy atom. The van der Waals surface area contributed by atoms with Crippen molar-refractivity contribution in [2.45, 2.75) is 58.3 Å². The average molecular weight is 261 g/mol. The first-order valence-electron chi connectivity index (χ1n) is 6.31. The molecule has 1 aliphatic heterocycles. The maximum Gasteiger partial charge on any atom is 0.303 e. The maximum atomic E-state index is 11.3. The van der Waals surface area contributed by atoms with E-state index in [1.54, 1.807) is 6.92 Å². The minimum absolute atomic E-state index is 0.0617. The monoisotopic (exact) mass is 261 g/mol. The number of aliphatic hydroxyl groups is 1. The number of ether oxygens (including phenoxy) is 1. The number of carbonyl (C=O) groups is 2. The summed E-state index contributed by atoms with van der Waals surface area (Å²) in [5, 5.41) is 20.7. The van der Waals surface area contributed by atoms with Crippen LogP contribution in [0, 0.1) is 0 Å². The molecular formula is C12H23NO5. The molecule has 0 aromatic rings. The van der Waals surface area contributed by atoms with Gasteiger partial charge in [-0.15, -0.1) is 0 Å². The molecule has 1 fully saturated rings. The van der Waals surface area contributed by atoms with E-state index in [-0.39, 0.29) is 30.9 Å². The van der Waals surface area contributed by atoms with Crippen molar-refractivity contribution in [2.24, 2.45) is 0 Å². The predicted octanol–water partition coefficient (Wildman–Crippen LogP) is 0.532. The van der Waals surface area contributed by atoms with Crippen LogP contribution in [0.25, 0.3) is 0 Å². The highest BCUT2D eigenvalue weighted by Gasteiger charge is 2.30. The number of hydrogen-bond acceptors (Lipinski definition) is 4. The number of rotatable bonds is 4. The molecule has 1 aliphatic rings. The van der Waals surface area contributed by atoms with E-state index in [0.29, 0.717) is 13.0 Å². The van der Waals surface area contributed by atoms with Gasteiger partial charge in [0.25, 0.3) is 0 Å². The number of carbonyl (C=O) groups excluding carboxylic acids is 1. The Morgan fingerprint density at radius 1 is 1.33 bits per heavy atom. The first-order chi connectivity index (χ1) is 8.50. The number of amides is 1. The Labute approximate surface area is 107 Å². The van der Waals surface area contributed by atoms with Crippen LogP contribution in [-0.4, -0.2) is 46.9 Å². The van der Waals surface area contributed by atoms with E-state index in [4.69, 9.17) is 9.84 Å². The molecule has 1 rings (SSSR count). The van der Waals surface area contributed by atoms with E-state index in [2.05, 4.69) is 5.32 Å². The van der Waals surface area contributed by atoms with Crippen molar-refractivity contribution in [1.82, 2.24) is 5.32 Å². The number of hydrogen-bond donors (Lipinski definition) is 3. The fourth-order valence-corrected chi connectivity index (χ4v) is 1.63. The lowest BCUT2D eigenvalue weighted by Crippen LogP contribution is -2.52. The van der Waals surface area contributed by atoms with Crippen LogP contribution in [0.15, 0.2) is 0 Å². The smallest absolute Gasteiger partial charge is 0.303 e. The summed E-state index contributed by atoms with van der Waals surface area (Å²) >= 11 is 0. The van der Waals surface area contributed by atoms with Crippen LogP contribution in [0.4, 0.5) is 0 Å². The highest BCUT2D eigenvalue weighted by atomic mass is 16.5. The number of aliphatic hydroxyl groups excluding tert-OH is 1. The minimum Gasteiger partial charge on any atom is -0.481 e. The van der Waals surface area contributed by atoms with Gasteiger partial charge in [-0.2, -0.15) is 0 Å². The van der Waals surface area contributed by atoms with Crippen molar-refractivity contribution >= 4 is 11.9 Å². The van der Waals surface area contributed by atoms with Gasteiger partial charge in [0, 0.05) is 13.0 Å². The minimum atomic E-state index is -1.00. The molecule has 0 spiro atoms. The lowest BCUT2D eigenvalue weighted by atomic mass is 10.0. The largest absolute Gasteiger partial charge is 0.481 e. The molecule has 0 aliphatic carbocycles. The summed E-state index contributed by atoms with van der Waals surface area (Å²) in [5.74, 6) is -1.35. The maximum absolute atomic E-state index is 11.3. The topological polar surface area (TPSA) is 95.9 Å². The number of carboxylic acid groups (broad SMARTS) is 1. The molecule has 106 valence electrons. The molecule has 0 radical (unpaired) electrons. The van der Waals surface area contributed by atoms with Crippen molar-refractivity contribution in [1.29, 1.82) is 0 Å². The SMILES string of the molecule is CC.C[C@@H]1OCC[C@H](NC(=O)CCC(=O)O)[C@@H]1O. The number of carboxylic acids is 1. The zero-order valence-electron chi connectivity index (χ0n) is 11.2. The molecule has 18 heavy (non-hydrogen) atoms. The van der Waals surface area contributed by atoms with Gasteiger partial charge in [-0.3, -0.25) is 9.59 Å². The molecule has 3 N–H and O–H groups in total. The summed E-state index contributed by atoms with van der Waals surface area (Å²) in [4.78, 5) is 21.6. The van der Waals surface area contributed by atoms with Crippen LogP contribution < -0.4 is 5.32 Å². The van der Waals surface area contributed by atoms with Crippen LogP contribution in [0.5, 0.6) is 0 Å². The van der Waals surface area contributed by atoms with Crippen LogP contribution in [-0.2, 0) is 14.3 Å². The van der Waals surface area contributed by atoms with Gasteiger partial charge in [0.1, 0.15) is 6.10 Å². The second-order valence-corrected chi connectivity index (χ2v) is 3.92. The van der Waals surface area contributed by atoms with Gasteiger partial charge < -0.3 is 20.3 Å². The summed E-state index contributed by atoms with van der Waals surface area (Å²) in [7, 11) is 0. The van der Waals surface area contributed by atoms with Gasteiger partial charge in [0.05, 0.1) is 18.6 Å². The highest BCUT2D eigenvalue weighted by Crippen LogP contribution is 2.14. The average Bonchev–Trinajstić information content (AvgIpc) is 2.35. The Hall–Kier alpha value is -1.14. The van der Waals surface area contributed by atoms with Crippen molar-refractivity contribution in [3.8, 4) is 0 Å².